The lowest BCUT2D eigenvalue weighted by Crippen LogP contribution is -2.54. The van der Waals surface area contributed by atoms with Gasteiger partial charge in [0.05, 0.1) is 12.7 Å². The van der Waals surface area contributed by atoms with E-state index in [1.165, 1.54) is 77.3 Å². The highest BCUT2D eigenvalue weighted by molar-refractivity contribution is 5.87. The van der Waals surface area contributed by atoms with Crippen molar-refractivity contribution >= 4 is 5.78 Å². The smallest absolute Gasteiger partial charge is 0.139 e. The first kappa shape index (κ1) is 20.5. The van der Waals surface area contributed by atoms with Gasteiger partial charge in [0, 0.05) is 18.4 Å². The molecule has 1 saturated heterocycles. The third-order valence-electron chi connectivity index (χ3n) is 10.5. The number of Topliss-reactive ketones (excluding diaryl/α,β-unsaturated/α-hetero) is 1. The maximum Gasteiger partial charge on any atom is 0.139 e. The average Bonchev–Trinajstić information content (AvgIpc) is 3.04. The van der Waals surface area contributed by atoms with Gasteiger partial charge in [0.1, 0.15) is 5.78 Å². The Morgan fingerprint density at radius 3 is 2.62 bits per heavy atom. The van der Waals surface area contributed by atoms with Gasteiger partial charge in [-0.1, -0.05) is 20.3 Å². The molecule has 5 fully saturated rings. The highest BCUT2D eigenvalue weighted by Gasteiger charge is 2.60. The van der Waals surface area contributed by atoms with Gasteiger partial charge in [-0.3, -0.25) is 4.79 Å². The summed E-state index contributed by atoms with van der Waals surface area (Å²) in [5.41, 5.74) is 0.530. The first-order valence-corrected chi connectivity index (χ1v) is 12.9. The van der Waals surface area contributed by atoms with Crippen LogP contribution in [0.5, 0.6) is 0 Å². The van der Waals surface area contributed by atoms with E-state index in [0.717, 1.165) is 43.7 Å². The molecule has 4 aliphatic carbocycles. The fraction of sp³-hybridized carbons (Fsp3) is 0.962. The third kappa shape index (κ3) is 3.53. The van der Waals surface area contributed by atoms with Gasteiger partial charge in [-0.2, -0.15) is 0 Å². The largest absolute Gasteiger partial charge is 0.377 e. The number of ketones is 1. The molecule has 0 amide bonds. The highest BCUT2D eigenvalue weighted by Crippen LogP contribution is 2.65. The van der Waals surface area contributed by atoms with Crippen molar-refractivity contribution in [2.45, 2.75) is 97.0 Å². The lowest BCUT2D eigenvalue weighted by Gasteiger charge is -2.60. The van der Waals surface area contributed by atoms with Crippen LogP contribution in [0.4, 0.5) is 0 Å². The van der Waals surface area contributed by atoms with E-state index < -0.39 is 0 Å². The Labute approximate surface area is 178 Å². The van der Waals surface area contributed by atoms with Crippen molar-refractivity contribution in [2.75, 3.05) is 26.2 Å². The summed E-state index contributed by atoms with van der Waals surface area (Å²) in [6.45, 7) is 9.56. The molecule has 7 unspecified atom stereocenters. The number of likely N-dealkylation sites (tertiary alicyclic amines) is 1. The van der Waals surface area contributed by atoms with Gasteiger partial charge in [0.2, 0.25) is 0 Å². The first-order valence-electron chi connectivity index (χ1n) is 12.9. The van der Waals surface area contributed by atoms with Crippen LogP contribution < -0.4 is 0 Å². The molecule has 0 aromatic heterocycles. The molecule has 0 spiro atoms. The number of fused-ring (bicyclic) bond motifs is 5. The summed E-state index contributed by atoms with van der Waals surface area (Å²) in [7, 11) is 0. The second-order valence-corrected chi connectivity index (χ2v) is 11.7. The molecule has 4 saturated carbocycles. The minimum absolute atomic E-state index is 0.0269. The van der Waals surface area contributed by atoms with Crippen LogP contribution in [0.25, 0.3) is 0 Å². The van der Waals surface area contributed by atoms with Crippen molar-refractivity contribution < 1.29 is 9.53 Å². The third-order valence-corrected chi connectivity index (χ3v) is 10.5. The zero-order valence-electron chi connectivity index (χ0n) is 19.0. The minimum atomic E-state index is 0.0269. The highest BCUT2D eigenvalue weighted by atomic mass is 16.5. The average molecular weight is 402 g/mol. The van der Waals surface area contributed by atoms with E-state index in [1.807, 2.05) is 0 Å². The monoisotopic (exact) mass is 401 g/mol. The van der Waals surface area contributed by atoms with Crippen LogP contribution in [-0.2, 0) is 9.53 Å². The Morgan fingerprint density at radius 2 is 1.79 bits per heavy atom. The molecule has 0 aromatic rings. The van der Waals surface area contributed by atoms with Crippen molar-refractivity contribution in [1.82, 2.24) is 4.90 Å². The zero-order valence-corrected chi connectivity index (χ0v) is 19.0. The van der Waals surface area contributed by atoms with Crippen LogP contribution in [0, 0.1) is 34.5 Å². The van der Waals surface area contributed by atoms with Gasteiger partial charge in [-0.25, -0.2) is 0 Å². The Hall–Kier alpha value is -0.410. The van der Waals surface area contributed by atoms with E-state index in [2.05, 4.69) is 18.7 Å². The van der Waals surface area contributed by atoms with Gasteiger partial charge in [0.25, 0.3) is 0 Å². The molecule has 0 radical (unpaired) electrons. The Balaban J connectivity index is 1.18. The fourth-order valence-electron chi connectivity index (χ4n) is 8.67. The van der Waals surface area contributed by atoms with Gasteiger partial charge >= 0.3 is 0 Å². The lowest BCUT2D eigenvalue weighted by molar-refractivity contribution is -0.145. The van der Waals surface area contributed by atoms with E-state index >= 15 is 0 Å². The van der Waals surface area contributed by atoms with Crippen LogP contribution >= 0.6 is 0 Å². The van der Waals surface area contributed by atoms with Gasteiger partial charge in [-0.05, 0) is 106 Å². The van der Waals surface area contributed by atoms with Crippen LogP contribution in [-0.4, -0.2) is 43.0 Å². The SMILES string of the molecule is CC12CCC3C(CCC4CC(OCCN5CCCCC5)CCC43C)C1CCC2=O. The van der Waals surface area contributed by atoms with E-state index in [4.69, 9.17) is 4.74 Å². The molecule has 29 heavy (non-hydrogen) atoms. The molecule has 7 atom stereocenters. The summed E-state index contributed by atoms with van der Waals surface area (Å²) in [5, 5.41) is 0. The topological polar surface area (TPSA) is 29.5 Å². The number of piperidine rings is 1. The van der Waals surface area contributed by atoms with E-state index in [-0.39, 0.29) is 5.41 Å². The summed E-state index contributed by atoms with van der Waals surface area (Å²) in [6, 6.07) is 0. The number of nitrogens with zero attached hydrogens (tertiary/aromatic N) is 1. The maximum atomic E-state index is 12.6. The lowest BCUT2D eigenvalue weighted by atomic mass is 9.45. The van der Waals surface area contributed by atoms with Crippen LogP contribution in [0.3, 0.4) is 0 Å². The molecule has 164 valence electrons. The first-order chi connectivity index (χ1) is 14.0. The predicted octanol–water partition coefficient (Wildman–Crippen LogP) is 5.47. The van der Waals surface area contributed by atoms with Gasteiger partial charge in [0.15, 0.2) is 0 Å². The second-order valence-electron chi connectivity index (χ2n) is 11.7. The Kier molecular flexibility index (Phi) is 5.60. The van der Waals surface area contributed by atoms with Gasteiger partial charge < -0.3 is 9.64 Å². The summed E-state index contributed by atoms with van der Waals surface area (Å²) >= 11 is 0. The van der Waals surface area contributed by atoms with E-state index in [1.54, 1.807) is 0 Å². The second kappa shape index (κ2) is 7.93. The number of ether oxygens (including phenoxy) is 1. The van der Waals surface area contributed by atoms with Crippen molar-refractivity contribution in [3.8, 4) is 0 Å². The van der Waals surface area contributed by atoms with Crippen LogP contribution in [0.15, 0.2) is 0 Å². The summed E-state index contributed by atoms with van der Waals surface area (Å²) < 4.78 is 6.43. The van der Waals surface area contributed by atoms with Crippen LogP contribution in [0.2, 0.25) is 0 Å². The number of hydrogen-bond acceptors (Lipinski definition) is 3. The molecule has 5 rings (SSSR count). The minimum Gasteiger partial charge on any atom is -0.377 e. The van der Waals surface area contributed by atoms with Crippen molar-refractivity contribution in [3.05, 3.63) is 0 Å². The molecule has 3 heteroatoms. The van der Waals surface area contributed by atoms with E-state index in [0.29, 0.717) is 23.2 Å². The quantitative estimate of drug-likeness (QED) is 0.625. The molecular weight excluding hydrogens is 358 g/mol. The predicted molar refractivity (Wildman–Crippen MR) is 117 cm³/mol. The molecule has 5 aliphatic rings. The maximum absolute atomic E-state index is 12.6. The standard InChI is InChI=1S/C26H43NO2/c1-25-12-10-20(29-17-16-27-14-4-3-5-15-27)18-19(25)6-7-21-22-8-9-24(28)26(22,2)13-11-23(21)25/h19-23H,3-18H2,1-2H3. The number of carbonyl (C=O) groups is 1. The number of hydrogen-bond donors (Lipinski definition) is 0. The molecule has 0 bridgehead atoms. The summed E-state index contributed by atoms with van der Waals surface area (Å²) in [6.07, 6.45) is 15.8. The molecular formula is C26H43NO2. The van der Waals surface area contributed by atoms with Crippen molar-refractivity contribution in [1.29, 1.82) is 0 Å². The van der Waals surface area contributed by atoms with Crippen LogP contribution in [0.1, 0.15) is 90.9 Å². The Bertz CT molecular complexity index is 614. The number of rotatable bonds is 4. The van der Waals surface area contributed by atoms with Crippen molar-refractivity contribution in [3.63, 3.8) is 0 Å². The van der Waals surface area contributed by atoms with E-state index in [9.17, 15) is 4.79 Å². The number of carbonyl (C=O) groups excluding carboxylic acids is 1. The normalized spacial score (nSPS) is 48.1. The summed E-state index contributed by atoms with van der Waals surface area (Å²) in [4.78, 5) is 15.2. The molecule has 3 nitrogen and oxygen atoms in total. The molecule has 0 N–H and O–H groups in total. The zero-order chi connectivity index (χ0) is 20.1. The fourth-order valence-corrected chi connectivity index (χ4v) is 8.67. The molecule has 0 aromatic carbocycles. The summed E-state index contributed by atoms with van der Waals surface area (Å²) in [5.74, 6) is 3.79. The Morgan fingerprint density at radius 1 is 0.966 bits per heavy atom. The molecule has 1 heterocycles. The molecule has 1 aliphatic heterocycles. The van der Waals surface area contributed by atoms with Gasteiger partial charge in [-0.15, -0.1) is 0 Å². The van der Waals surface area contributed by atoms with Crippen molar-refractivity contribution in [2.24, 2.45) is 34.5 Å².